The summed E-state index contributed by atoms with van der Waals surface area (Å²) in [4.78, 5) is 11.7. The van der Waals surface area contributed by atoms with Gasteiger partial charge in [0.25, 0.3) is 5.56 Å². The van der Waals surface area contributed by atoms with Gasteiger partial charge in [0.15, 0.2) is 0 Å². The molecule has 100 valence electrons. The molecule has 0 spiro atoms. The van der Waals surface area contributed by atoms with Gasteiger partial charge in [-0.1, -0.05) is 29.8 Å². The lowest BCUT2D eigenvalue weighted by molar-refractivity contribution is 0.703. The zero-order chi connectivity index (χ0) is 13.8. The third-order valence-corrected chi connectivity index (χ3v) is 3.88. The Labute approximate surface area is 124 Å². The average molecular weight is 343 g/mol. The smallest absolute Gasteiger partial charge is 0.282 e. The fourth-order valence-corrected chi connectivity index (χ4v) is 2.40. The fraction of sp³-hybridized carbons (Fsp3) is 0.231. The molecule has 0 radical (unpaired) electrons. The van der Waals surface area contributed by atoms with Crippen LogP contribution >= 0.6 is 27.5 Å². The van der Waals surface area contributed by atoms with Gasteiger partial charge in [0.05, 0.1) is 11.9 Å². The minimum absolute atomic E-state index is 0.164. The summed E-state index contributed by atoms with van der Waals surface area (Å²) in [6.45, 7) is 0.678. The van der Waals surface area contributed by atoms with E-state index in [1.165, 1.54) is 4.68 Å². The second-order valence-corrected chi connectivity index (χ2v) is 5.27. The van der Waals surface area contributed by atoms with E-state index >= 15 is 0 Å². The molecule has 6 heteroatoms. The van der Waals surface area contributed by atoms with Crippen molar-refractivity contribution in [2.24, 2.45) is 7.05 Å². The maximum Gasteiger partial charge on any atom is 0.282 e. The summed E-state index contributed by atoms with van der Waals surface area (Å²) >= 11 is 9.35. The normalized spacial score (nSPS) is 10.5. The van der Waals surface area contributed by atoms with Crippen LogP contribution in [-0.2, 0) is 13.5 Å². The number of benzene rings is 1. The second-order valence-electron chi connectivity index (χ2n) is 4.07. The molecule has 0 bridgehead atoms. The molecule has 0 aliphatic carbocycles. The molecule has 0 aliphatic heterocycles. The Morgan fingerprint density at radius 3 is 2.89 bits per heavy atom. The fourth-order valence-electron chi connectivity index (χ4n) is 1.67. The highest BCUT2D eigenvalue weighted by atomic mass is 79.9. The minimum Gasteiger partial charge on any atom is -0.382 e. The molecule has 0 atom stereocenters. The van der Waals surface area contributed by atoms with Crippen molar-refractivity contribution < 1.29 is 0 Å². The molecule has 0 amide bonds. The molecule has 0 saturated carbocycles. The Hall–Kier alpha value is -1.33. The molecule has 1 aromatic heterocycles. The quantitative estimate of drug-likeness (QED) is 0.929. The summed E-state index contributed by atoms with van der Waals surface area (Å²) < 4.78 is 1.77. The van der Waals surface area contributed by atoms with Gasteiger partial charge in [-0.15, -0.1) is 0 Å². The van der Waals surface area contributed by atoms with E-state index in [1.54, 1.807) is 13.2 Å². The molecular formula is C13H13BrClN3O. The Morgan fingerprint density at radius 1 is 1.42 bits per heavy atom. The minimum atomic E-state index is -0.164. The number of hydrogen-bond acceptors (Lipinski definition) is 3. The average Bonchev–Trinajstić information content (AvgIpc) is 2.41. The summed E-state index contributed by atoms with van der Waals surface area (Å²) in [5, 5.41) is 7.90. The third-order valence-electron chi connectivity index (χ3n) is 2.75. The standard InChI is InChI=1S/C13H13BrClN3O/c1-18-13(19)12(14)11(8-17-18)16-7-6-9-4-2-3-5-10(9)15/h2-5,8,16H,6-7H2,1H3. The number of nitrogens with one attached hydrogen (secondary N) is 1. The van der Waals surface area contributed by atoms with Crippen LogP contribution in [0, 0.1) is 0 Å². The molecule has 0 fully saturated rings. The zero-order valence-electron chi connectivity index (χ0n) is 10.4. The van der Waals surface area contributed by atoms with Crippen molar-refractivity contribution in [3.8, 4) is 0 Å². The van der Waals surface area contributed by atoms with Crippen molar-refractivity contribution in [1.29, 1.82) is 0 Å². The van der Waals surface area contributed by atoms with Crippen molar-refractivity contribution in [3.05, 3.63) is 55.9 Å². The van der Waals surface area contributed by atoms with Crippen molar-refractivity contribution in [1.82, 2.24) is 9.78 Å². The topological polar surface area (TPSA) is 46.9 Å². The number of aryl methyl sites for hydroxylation is 1. The number of aromatic nitrogens is 2. The van der Waals surface area contributed by atoms with Gasteiger partial charge in [-0.3, -0.25) is 4.79 Å². The summed E-state index contributed by atoms with van der Waals surface area (Å²) in [6.07, 6.45) is 2.40. The molecule has 4 nitrogen and oxygen atoms in total. The van der Waals surface area contributed by atoms with E-state index < -0.39 is 0 Å². The summed E-state index contributed by atoms with van der Waals surface area (Å²) in [7, 11) is 1.61. The number of rotatable bonds is 4. The molecule has 1 heterocycles. The number of nitrogens with zero attached hydrogens (tertiary/aromatic N) is 2. The van der Waals surface area contributed by atoms with Crippen LogP contribution < -0.4 is 10.9 Å². The van der Waals surface area contributed by atoms with Gasteiger partial charge < -0.3 is 5.32 Å². The van der Waals surface area contributed by atoms with Crippen LogP contribution in [0.1, 0.15) is 5.56 Å². The van der Waals surface area contributed by atoms with Crippen molar-refractivity contribution in [2.75, 3.05) is 11.9 Å². The van der Waals surface area contributed by atoms with E-state index in [9.17, 15) is 4.79 Å². The van der Waals surface area contributed by atoms with Gasteiger partial charge in [0.1, 0.15) is 4.47 Å². The van der Waals surface area contributed by atoms with E-state index in [2.05, 4.69) is 26.3 Å². The lowest BCUT2D eigenvalue weighted by Crippen LogP contribution is -2.21. The van der Waals surface area contributed by atoms with Crippen molar-refractivity contribution in [2.45, 2.75) is 6.42 Å². The molecule has 0 aliphatic rings. The van der Waals surface area contributed by atoms with Crippen LogP contribution in [0.3, 0.4) is 0 Å². The van der Waals surface area contributed by atoms with Gasteiger partial charge in [-0.25, -0.2) is 4.68 Å². The molecule has 1 aromatic carbocycles. The van der Waals surface area contributed by atoms with Crippen LogP contribution in [0.15, 0.2) is 39.7 Å². The molecule has 0 unspecified atom stereocenters. The lowest BCUT2D eigenvalue weighted by atomic mass is 10.1. The Balaban J connectivity index is 2.03. The highest BCUT2D eigenvalue weighted by Crippen LogP contribution is 2.18. The maximum atomic E-state index is 11.7. The summed E-state index contributed by atoms with van der Waals surface area (Å²) in [5.41, 5.74) is 1.60. The molecular weight excluding hydrogens is 330 g/mol. The predicted molar refractivity (Wildman–Crippen MR) is 80.8 cm³/mol. The molecule has 2 aromatic rings. The van der Waals surface area contributed by atoms with Crippen molar-refractivity contribution >= 4 is 33.2 Å². The highest BCUT2D eigenvalue weighted by molar-refractivity contribution is 9.10. The van der Waals surface area contributed by atoms with E-state index in [0.717, 1.165) is 17.0 Å². The molecule has 1 N–H and O–H groups in total. The van der Waals surface area contributed by atoms with Gasteiger partial charge >= 0.3 is 0 Å². The number of halogens is 2. The van der Waals surface area contributed by atoms with Crippen molar-refractivity contribution in [3.63, 3.8) is 0 Å². The SMILES string of the molecule is Cn1ncc(NCCc2ccccc2Cl)c(Br)c1=O. The van der Waals surface area contributed by atoms with Crippen LogP contribution in [0.4, 0.5) is 5.69 Å². The monoisotopic (exact) mass is 341 g/mol. The molecule has 0 saturated heterocycles. The second kappa shape index (κ2) is 6.21. The Bertz CT molecular complexity index is 642. The predicted octanol–water partition coefficient (Wildman–Crippen LogP) is 2.85. The highest BCUT2D eigenvalue weighted by Gasteiger charge is 2.06. The number of hydrogen-bond donors (Lipinski definition) is 1. The molecule has 2 rings (SSSR count). The summed E-state index contributed by atoms with van der Waals surface area (Å²) in [6, 6.07) is 7.71. The van der Waals surface area contributed by atoms with Crippen LogP contribution in [-0.4, -0.2) is 16.3 Å². The first-order chi connectivity index (χ1) is 9.09. The number of anilines is 1. The van der Waals surface area contributed by atoms with Gasteiger partial charge in [0, 0.05) is 18.6 Å². The third kappa shape index (κ3) is 3.36. The Morgan fingerprint density at radius 2 is 2.16 bits per heavy atom. The van der Waals surface area contributed by atoms with E-state index in [0.29, 0.717) is 16.7 Å². The van der Waals surface area contributed by atoms with Gasteiger partial charge in [0.2, 0.25) is 0 Å². The van der Waals surface area contributed by atoms with Crippen LogP contribution in [0.5, 0.6) is 0 Å². The van der Waals surface area contributed by atoms with Crippen LogP contribution in [0.25, 0.3) is 0 Å². The maximum absolute atomic E-state index is 11.7. The molecule has 19 heavy (non-hydrogen) atoms. The largest absolute Gasteiger partial charge is 0.382 e. The first-order valence-electron chi connectivity index (χ1n) is 5.78. The van der Waals surface area contributed by atoms with Gasteiger partial charge in [-0.05, 0) is 34.0 Å². The van der Waals surface area contributed by atoms with Crippen LogP contribution in [0.2, 0.25) is 5.02 Å². The zero-order valence-corrected chi connectivity index (χ0v) is 12.7. The Kier molecular flexibility index (Phi) is 4.61. The summed E-state index contributed by atoms with van der Waals surface area (Å²) in [5.74, 6) is 0. The first kappa shape index (κ1) is 14.1. The lowest BCUT2D eigenvalue weighted by Gasteiger charge is -2.09. The van der Waals surface area contributed by atoms with E-state index in [-0.39, 0.29) is 5.56 Å². The van der Waals surface area contributed by atoms with E-state index in [4.69, 9.17) is 11.6 Å². The first-order valence-corrected chi connectivity index (χ1v) is 6.96. The van der Waals surface area contributed by atoms with E-state index in [1.807, 2.05) is 24.3 Å². The van der Waals surface area contributed by atoms with Gasteiger partial charge in [-0.2, -0.15) is 5.10 Å².